The first-order chi connectivity index (χ1) is 32.5. The number of nitrogens with one attached hydrogen (secondary N) is 2. The van der Waals surface area contributed by atoms with E-state index >= 15 is 0 Å². The van der Waals surface area contributed by atoms with Gasteiger partial charge in [-0.2, -0.15) is 0 Å². The van der Waals surface area contributed by atoms with Crippen molar-refractivity contribution < 1.29 is 33.4 Å². The number of likely N-dealkylation sites (tertiary alicyclic amines) is 1. The van der Waals surface area contributed by atoms with Crippen LogP contribution >= 0.6 is 11.3 Å². The van der Waals surface area contributed by atoms with E-state index in [1.807, 2.05) is 62.2 Å². The van der Waals surface area contributed by atoms with Gasteiger partial charge in [-0.1, -0.05) is 39.8 Å². The van der Waals surface area contributed by atoms with Crippen LogP contribution in [0.1, 0.15) is 89.6 Å². The maximum atomic E-state index is 13.9. The summed E-state index contributed by atoms with van der Waals surface area (Å²) in [6.45, 7) is 17.4. The Labute approximate surface area is 406 Å². The molecule has 4 amide bonds. The molecule has 3 aromatic heterocycles. The molecule has 6 rings (SSSR count). The molecule has 0 aliphatic carbocycles. The van der Waals surface area contributed by atoms with Crippen LogP contribution in [0.3, 0.4) is 0 Å². The predicted molar refractivity (Wildman–Crippen MR) is 267 cm³/mol. The first kappa shape index (κ1) is 53.5. The highest BCUT2D eigenvalue weighted by molar-refractivity contribution is 7.10. The number of benzene rings is 1. The smallest absolute Gasteiger partial charge is 0.293 e. The number of amides is 4. The number of methoxy groups -OCH3 is 1. The largest absolute Gasteiger partial charge is 0.467 e. The monoisotopic (exact) mass is 956 g/mol. The normalized spacial score (nSPS) is 15.6. The lowest BCUT2D eigenvalue weighted by Crippen LogP contribution is -2.58. The average molecular weight is 956 g/mol. The van der Waals surface area contributed by atoms with E-state index in [9.17, 15) is 24.0 Å². The second kappa shape index (κ2) is 25.2. The summed E-state index contributed by atoms with van der Waals surface area (Å²) in [5.41, 5.74) is 9.48. The standard InChI is InChI=1S/C41H55N7O6S.C10H18N2O/c1-9-47-34-15-14-28(19-30(34)31(21-41(5,6)23-54-25-50)38(47)29-13-12-16-42-36(29)27(4)53-8)33-22-55-35(44-33)20-32(40(52)48-18-11-10-17-43-48)45-39(51)37(26(2)3)46(7)24-49;1-11(2)7-5-6-10(13)12-8-3-4-9-12/h12-16,19,22,24-27,32,37,43H,9-11,17-18,20-21,23H2,1-8H3,(H,45,51);5-6H,3-4,7-9H2,1-2H3/b;6-5+. The SMILES string of the molecule is CCn1c(-c2cccnc2C(C)OC)c(CC(C)(C)COC=O)c2cc(-c3csc(CC(NC(=O)C(C(C)C)N(C)C=O)C(=O)N4CCCCN4)n3)ccc21.CN(C)C/C=C/C(=O)N1CCCC1. The zero-order chi connectivity index (χ0) is 49.5. The summed E-state index contributed by atoms with van der Waals surface area (Å²) < 4.78 is 13.3. The fourth-order valence-corrected chi connectivity index (χ4v) is 9.76. The number of thiazole rings is 1. The molecule has 0 saturated carbocycles. The summed E-state index contributed by atoms with van der Waals surface area (Å²) in [5.74, 6) is -0.618. The number of fused-ring (bicyclic) bond motifs is 1. The van der Waals surface area contributed by atoms with E-state index in [-0.39, 0.29) is 48.2 Å². The molecule has 5 heterocycles. The third-order valence-electron chi connectivity index (χ3n) is 12.4. The van der Waals surface area contributed by atoms with E-state index in [4.69, 9.17) is 19.4 Å². The molecule has 1 aromatic carbocycles. The summed E-state index contributed by atoms with van der Waals surface area (Å²) in [4.78, 5) is 76.8. The van der Waals surface area contributed by atoms with Gasteiger partial charge in [-0.05, 0) is 95.8 Å². The van der Waals surface area contributed by atoms with Crippen molar-refractivity contribution in [2.75, 3.05) is 67.6 Å². The van der Waals surface area contributed by atoms with Crippen LogP contribution in [0.2, 0.25) is 0 Å². The van der Waals surface area contributed by atoms with Gasteiger partial charge >= 0.3 is 0 Å². The van der Waals surface area contributed by atoms with Gasteiger partial charge in [0, 0.05) is 105 Å². The summed E-state index contributed by atoms with van der Waals surface area (Å²) in [6.07, 6.45) is 10.7. The maximum Gasteiger partial charge on any atom is 0.293 e. The summed E-state index contributed by atoms with van der Waals surface area (Å²) in [6, 6.07) is 8.76. The van der Waals surface area contributed by atoms with Gasteiger partial charge in [-0.3, -0.25) is 34.0 Å². The van der Waals surface area contributed by atoms with Crippen molar-refractivity contribution in [2.45, 2.75) is 105 Å². The zero-order valence-electron chi connectivity index (χ0n) is 41.7. The van der Waals surface area contributed by atoms with Crippen LogP contribution in [0.25, 0.3) is 33.4 Å². The number of carbonyl (C=O) groups excluding carboxylic acids is 5. The number of nitrogens with zero attached hydrogens (tertiary/aromatic N) is 7. The third kappa shape index (κ3) is 13.8. The van der Waals surface area contributed by atoms with E-state index in [0.29, 0.717) is 43.9 Å². The first-order valence-corrected chi connectivity index (χ1v) is 24.7. The van der Waals surface area contributed by atoms with E-state index in [0.717, 1.165) is 90.0 Å². The van der Waals surface area contributed by atoms with Crippen molar-refractivity contribution in [3.8, 4) is 22.5 Å². The highest BCUT2D eigenvalue weighted by atomic mass is 32.1. The molecule has 0 radical (unpaired) electrons. The Kier molecular flexibility index (Phi) is 19.8. The second-order valence-electron chi connectivity index (χ2n) is 19.0. The molecule has 0 bridgehead atoms. The summed E-state index contributed by atoms with van der Waals surface area (Å²) >= 11 is 1.44. The molecule has 2 aliphatic heterocycles. The number of carbonyl (C=O) groups is 5. The number of hydrogen-bond donors (Lipinski definition) is 2. The molecule has 0 spiro atoms. The Morgan fingerprint density at radius 2 is 1.76 bits per heavy atom. The molecule has 2 saturated heterocycles. The third-order valence-corrected chi connectivity index (χ3v) is 13.3. The van der Waals surface area contributed by atoms with Crippen LogP contribution in [0, 0.1) is 11.3 Å². The topological polar surface area (TPSA) is 172 Å². The van der Waals surface area contributed by atoms with Gasteiger partial charge in [-0.15, -0.1) is 11.3 Å². The van der Waals surface area contributed by atoms with E-state index in [1.165, 1.54) is 16.2 Å². The Bertz CT molecular complexity index is 2350. The fraction of sp³-hybridized carbons (Fsp3) is 0.549. The summed E-state index contributed by atoms with van der Waals surface area (Å²) in [7, 11) is 7.23. The second-order valence-corrected chi connectivity index (χ2v) is 20.0. The lowest BCUT2D eigenvalue weighted by atomic mass is 9.84. The Morgan fingerprint density at radius 3 is 2.40 bits per heavy atom. The van der Waals surface area contributed by atoms with Gasteiger partial charge in [0.2, 0.25) is 18.2 Å². The lowest BCUT2D eigenvalue weighted by Gasteiger charge is -2.33. The highest BCUT2D eigenvalue weighted by Gasteiger charge is 2.34. The molecule has 3 unspecified atom stereocenters. The molecule has 16 nitrogen and oxygen atoms in total. The van der Waals surface area contributed by atoms with Crippen molar-refractivity contribution in [3.05, 3.63) is 70.3 Å². The number of ether oxygens (including phenoxy) is 2. The molecular weight excluding hydrogens is 883 g/mol. The Hall–Kier alpha value is -5.49. The van der Waals surface area contributed by atoms with Gasteiger partial charge in [0.05, 0.1) is 34.8 Å². The van der Waals surface area contributed by atoms with Crippen LogP contribution in [0.4, 0.5) is 0 Å². The number of likely N-dealkylation sites (N-methyl/N-ethyl adjacent to an activating group) is 2. The molecule has 2 aliphatic rings. The van der Waals surface area contributed by atoms with Crippen molar-refractivity contribution in [1.82, 2.24) is 45.0 Å². The van der Waals surface area contributed by atoms with Crippen molar-refractivity contribution in [1.29, 1.82) is 0 Å². The number of pyridine rings is 1. The highest BCUT2D eigenvalue weighted by Crippen LogP contribution is 2.42. The van der Waals surface area contributed by atoms with E-state index < -0.39 is 12.1 Å². The van der Waals surface area contributed by atoms with Crippen molar-refractivity contribution in [3.63, 3.8) is 0 Å². The Balaban J connectivity index is 0.000000573. The number of hydrogen-bond acceptors (Lipinski definition) is 12. The van der Waals surface area contributed by atoms with E-state index in [1.54, 1.807) is 31.4 Å². The van der Waals surface area contributed by atoms with Crippen molar-refractivity contribution >= 4 is 52.8 Å². The van der Waals surface area contributed by atoms with Crippen LogP contribution in [-0.4, -0.2) is 145 Å². The van der Waals surface area contributed by atoms with Gasteiger partial charge in [-0.25, -0.2) is 10.4 Å². The molecule has 68 heavy (non-hydrogen) atoms. The maximum absolute atomic E-state index is 13.9. The molecule has 2 N–H and O–H groups in total. The Morgan fingerprint density at radius 1 is 1.03 bits per heavy atom. The fourth-order valence-electron chi connectivity index (χ4n) is 8.91. The van der Waals surface area contributed by atoms with Gasteiger partial charge in [0.15, 0.2) is 0 Å². The van der Waals surface area contributed by atoms with Crippen LogP contribution in [0.15, 0.2) is 54.1 Å². The molecule has 4 aromatic rings. The van der Waals surface area contributed by atoms with Crippen LogP contribution in [-0.2, 0) is 52.8 Å². The predicted octanol–water partition coefficient (Wildman–Crippen LogP) is 6.29. The minimum atomic E-state index is -0.882. The zero-order valence-corrected chi connectivity index (χ0v) is 42.6. The molecule has 17 heteroatoms. The van der Waals surface area contributed by atoms with Gasteiger partial charge in [0.1, 0.15) is 12.1 Å². The average Bonchev–Trinajstić information content (AvgIpc) is 4.11. The van der Waals surface area contributed by atoms with E-state index in [2.05, 4.69) is 60.3 Å². The molecule has 370 valence electrons. The molecule has 3 atom stereocenters. The van der Waals surface area contributed by atoms with Gasteiger partial charge in [0.25, 0.3) is 12.4 Å². The molecule has 2 fully saturated rings. The minimum absolute atomic E-state index is 0.162. The lowest BCUT2D eigenvalue weighted by molar-refractivity contribution is -0.142. The number of hydrazine groups is 1. The number of rotatable bonds is 21. The van der Waals surface area contributed by atoms with Crippen LogP contribution < -0.4 is 10.7 Å². The quantitative estimate of drug-likeness (QED) is 0.0711. The van der Waals surface area contributed by atoms with Gasteiger partial charge < -0.3 is 34.1 Å². The minimum Gasteiger partial charge on any atom is -0.467 e. The van der Waals surface area contributed by atoms with Crippen LogP contribution in [0.5, 0.6) is 0 Å². The number of aryl methyl sites for hydroxylation is 1. The molecular formula is C51H73N9O7S. The number of aromatic nitrogens is 3. The first-order valence-electron chi connectivity index (χ1n) is 23.8. The summed E-state index contributed by atoms with van der Waals surface area (Å²) in [5, 5.41) is 8.29. The van der Waals surface area contributed by atoms with Crippen molar-refractivity contribution in [2.24, 2.45) is 11.3 Å².